The zero-order valence-corrected chi connectivity index (χ0v) is 13.4. The van der Waals surface area contributed by atoms with Gasteiger partial charge in [0.15, 0.2) is 6.04 Å². The Hall–Kier alpha value is -1.18. The maximum Gasteiger partial charge on any atom is 0.330 e. The van der Waals surface area contributed by atoms with Crippen LogP contribution in [0.25, 0.3) is 0 Å². The molecule has 1 atom stereocenters. The molecule has 7 heteroatoms. The van der Waals surface area contributed by atoms with Crippen molar-refractivity contribution in [2.75, 3.05) is 31.8 Å². The van der Waals surface area contributed by atoms with Crippen LogP contribution < -0.4 is 10.6 Å². The van der Waals surface area contributed by atoms with Gasteiger partial charge in [0.05, 0.1) is 20.3 Å². The van der Waals surface area contributed by atoms with Gasteiger partial charge in [0.25, 0.3) is 0 Å². The fraction of sp³-hybridized carbons (Fsp3) is 0.385. The second-order valence-corrected chi connectivity index (χ2v) is 5.63. The summed E-state index contributed by atoms with van der Waals surface area (Å²) in [5.74, 6) is -0.306. The highest BCUT2D eigenvalue weighted by atomic mass is 79.9. The molecule has 0 aliphatic carbocycles. The van der Waals surface area contributed by atoms with Crippen LogP contribution in [0.2, 0.25) is 0 Å². The maximum absolute atomic E-state index is 11.8. The fourth-order valence-electron chi connectivity index (χ4n) is 2.13. The van der Waals surface area contributed by atoms with Gasteiger partial charge in [0.2, 0.25) is 0 Å². The monoisotopic (exact) mass is 358 g/mol. The summed E-state index contributed by atoms with van der Waals surface area (Å²) in [6.45, 7) is 1.52. The first-order chi connectivity index (χ1) is 9.54. The van der Waals surface area contributed by atoms with E-state index in [1.165, 1.54) is 7.11 Å². The van der Waals surface area contributed by atoms with E-state index in [0.29, 0.717) is 24.7 Å². The number of ether oxygens (including phenoxy) is 2. The molecule has 108 valence electrons. The molecule has 1 saturated heterocycles. The van der Waals surface area contributed by atoms with Crippen molar-refractivity contribution in [1.29, 1.82) is 0 Å². The van der Waals surface area contributed by atoms with E-state index in [-0.39, 0.29) is 5.97 Å². The molecule has 20 heavy (non-hydrogen) atoms. The first-order valence-corrected chi connectivity index (χ1v) is 7.26. The second-order valence-electron chi connectivity index (χ2n) is 4.34. The first kappa shape index (κ1) is 15.2. The summed E-state index contributed by atoms with van der Waals surface area (Å²) in [7, 11) is 1.38. The van der Waals surface area contributed by atoms with Crippen LogP contribution in [0.4, 0.5) is 5.69 Å². The largest absolute Gasteiger partial charge is 0.467 e. The Morgan fingerprint density at radius 1 is 1.60 bits per heavy atom. The van der Waals surface area contributed by atoms with Gasteiger partial charge in [-0.2, -0.15) is 0 Å². The highest BCUT2D eigenvalue weighted by Gasteiger charge is 2.30. The minimum absolute atomic E-state index is 0.306. The standard InChI is InChI=1S/C13H15BrN2O3S/c1-18-13(17)11-7-19-5-4-16(11)8-2-3-9(12(15)20)10(14)6-8/h2-3,6,11H,4-5,7H2,1H3,(H2,15,20). The molecule has 0 saturated carbocycles. The van der Waals surface area contributed by atoms with Crippen LogP contribution in [0.5, 0.6) is 0 Å². The number of morpholine rings is 1. The van der Waals surface area contributed by atoms with Crippen LogP contribution in [0.3, 0.4) is 0 Å². The van der Waals surface area contributed by atoms with E-state index in [2.05, 4.69) is 15.9 Å². The number of carbonyl (C=O) groups excluding carboxylic acids is 1. The van der Waals surface area contributed by atoms with E-state index in [1.54, 1.807) is 0 Å². The number of esters is 1. The van der Waals surface area contributed by atoms with E-state index in [9.17, 15) is 4.79 Å². The lowest BCUT2D eigenvalue weighted by Crippen LogP contribution is -2.50. The molecule has 2 N–H and O–H groups in total. The molecule has 0 bridgehead atoms. The van der Waals surface area contributed by atoms with Gasteiger partial charge in [0.1, 0.15) is 4.99 Å². The van der Waals surface area contributed by atoms with Crippen LogP contribution in [-0.2, 0) is 14.3 Å². The van der Waals surface area contributed by atoms with Crippen molar-refractivity contribution in [2.45, 2.75) is 6.04 Å². The molecule has 1 aliphatic heterocycles. The zero-order valence-electron chi connectivity index (χ0n) is 11.0. The molecule has 1 heterocycles. The van der Waals surface area contributed by atoms with Gasteiger partial charge in [-0.05, 0) is 34.1 Å². The number of halogens is 1. The average molecular weight is 359 g/mol. The van der Waals surface area contributed by atoms with E-state index in [4.69, 9.17) is 27.4 Å². The molecular weight excluding hydrogens is 344 g/mol. The summed E-state index contributed by atoms with van der Waals surface area (Å²) in [5.41, 5.74) is 7.30. The summed E-state index contributed by atoms with van der Waals surface area (Å²) in [4.78, 5) is 14.1. The molecular formula is C13H15BrN2O3S. The SMILES string of the molecule is COC(=O)C1COCCN1c1ccc(C(N)=S)c(Br)c1. The number of methoxy groups -OCH3 is 1. The number of carbonyl (C=O) groups is 1. The fourth-order valence-corrected chi connectivity index (χ4v) is 3.02. The number of hydrogen-bond acceptors (Lipinski definition) is 5. The number of hydrogen-bond donors (Lipinski definition) is 1. The maximum atomic E-state index is 11.8. The van der Waals surface area contributed by atoms with Crippen LogP contribution in [0.15, 0.2) is 22.7 Å². The summed E-state index contributed by atoms with van der Waals surface area (Å²) < 4.78 is 11.0. The molecule has 0 radical (unpaired) electrons. The highest BCUT2D eigenvalue weighted by Crippen LogP contribution is 2.27. The first-order valence-electron chi connectivity index (χ1n) is 6.06. The molecule has 2 rings (SSSR count). The predicted octanol–water partition coefficient (Wildman–Crippen LogP) is 1.46. The third kappa shape index (κ3) is 3.11. The lowest BCUT2D eigenvalue weighted by molar-refractivity contribution is -0.144. The van der Waals surface area contributed by atoms with Gasteiger partial charge in [-0.15, -0.1) is 0 Å². The Kier molecular flexibility index (Phi) is 4.95. The van der Waals surface area contributed by atoms with Gasteiger partial charge in [0, 0.05) is 22.3 Å². The Labute approximate surface area is 131 Å². The Balaban J connectivity index is 2.31. The van der Waals surface area contributed by atoms with Crippen molar-refractivity contribution in [2.24, 2.45) is 5.73 Å². The van der Waals surface area contributed by atoms with E-state index in [1.807, 2.05) is 23.1 Å². The lowest BCUT2D eigenvalue weighted by atomic mass is 10.1. The van der Waals surface area contributed by atoms with Crippen LogP contribution in [0, 0.1) is 0 Å². The third-order valence-corrected chi connectivity index (χ3v) is 4.03. The van der Waals surface area contributed by atoms with Crippen LogP contribution >= 0.6 is 28.1 Å². The number of benzene rings is 1. The van der Waals surface area contributed by atoms with E-state index >= 15 is 0 Å². The molecule has 0 amide bonds. The third-order valence-electron chi connectivity index (χ3n) is 3.15. The molecule has 1 aliphatic rings. The number of thiocarbonyl (C=S) groups is 1. The topological polar surface area (TPSA) is 64.8 Å². The molecule has 0 spiro atoms. The molecule has 5 nitrogen and oxygen atoms in total. The van der Waals surface area contributed by atoms with Gasteiger partial charge in [-0.1, -0.05) is 12.2 Å². The average Bonchev–Trinajstić information content (AvgIpc) is 2.46. The summed E-state index contributed by atoms with van der Waals surface area (Å²) in [5, 5.41) is 0. The van der Waals surface area contributed by atoms with Crippen LogP contribution in [-0.4, -0.2) is 43.9 Å². The number of nitrogens with two attached hydrogens (primary N) is 1. The normalized spacial score (nSPS) is 18.7. The Morgan fingerprint density at radius 3 is 2.95 bits per heavy atom. The van der Waals surface area contributed by atoms with Crippen molar-refractivity contribution in [3.05, 3.63) is 28.2 Å². The van der Waals surface area contributed by atoms with Gasteiger partial charge in [-0.3, -0.25) is 0 Å². The van der Waals surface area contributed by atoms with Crippen molar-refractivity contribution in [1.82, 2.24) is 0 Å². The summed E-state index contributed by atoms with van der Waals surface area (Å²) in [6.07, 6.45) is 0. The summed E-state index contributed by atoms with van der Waals surface area (Å²) >= 11 is 8.42. The van der Waals surface area contributed by atoms with Gasteiger partial charge >= 0.3 is 5.97 Å². The number of anilines is 1. The Morgan fingerprint density at radius 2 is 2.35 bits per heavy atom. The van der Waals surface area contributed by atoms with Gasteiger partial charge in [-0.25, -0.2) is 4.79 Å². The smallest absolute Gasteiger partial charge is 0.330 e. The molecule has 1 aromatic carbocycles. The van der Waals surface area contributed by atoms with Gasteiger partial charge < -0.3 is 20.1 Å². The van der Waals surface area contributed by atoms with E-state index < -0.39 is 6.04 Å². The summed E-state index contributed by atoms with van der Waals surface area (Å²) in [6, 6.07) is 5.19. The highest BCUT2D eigenvalue weighted by molar-refractivity contribution is 9.10. The minimum Gasteiger partial charge on any atom is -0.467 e. The second kappa shape index (κ2) is 6.51. The van der Waals surface area contributed by atoms with E-state index in [0.717, 1.165) is 15.7 Å². The van der Waals surface area contributed by atoms with Crippen LogP contribution in [0.1, 0.15) is 5.56 Å². The Bertz CT molecular complexity index is 538. The minimum atomic E-state index is -0.434. The zero-order chi connectivity index (χ0) is 14.7. The lowest BCUT2D eigenvalue weighted by Gasteiger charge is -2.35. The molecule has 1 unspecified atom stereocenters. The molecule has 1 aromatic rings. The van der Waals surface area contributed by atoms with Crippen molar-refractivity contribution >= 4 is 44.8 Å². The van der Waals surface area contributed by atoms with Crippen molar-refractivity contribution in [3.8, 4) is 0 Å². The quantitative estimate of drug-likeness (QED) is 0.651. The van der Waals surface area contributed by atoms with Crippen molar-refractivity contribution < 1.29 is 14.3 Å². The molecule has 0 aromatic heterocycles. The number of nitrogens with zero attached hydrogens (tertiary/aromatic N) is 1. The predicted molar refractivity (Wildman–Crippen MR) is 84.0 cm³/mol. The van der Waals surface area contributed by atoms with Crippen molar-refractivity contribution in [3.63, 3.8) is 0 Å². The number of rotatable bonds is 3. The molecule has 1 fully saturated rings.